The maximum Gasteiger partial charge on any atom is 0.107 e. The third kappa shape index (κ3) is 1.82. The van der Waals surface area contributed by atoms with Gasteiger partial charge in [0, 0.05) is 16.7 Å². The molecule has 4 heteroatoms. The molecule has 1 heterocycles. The predicted octanol–water partition coefficient (Wildman–Crippen LogP) is 3.05. The van der Waals surface area contributed by atoms with Gasteiger partial charge in [0.05, 0.1) is 5.69 Å². The zero-order valence-electron chi connectivity index (χ0n) is 6.70. The molecule has 0 bridgehead atoms. The van der Waals surface area contributed by atoms with Crippen molar-refractivity contribution in [1.82, 2.24) is 4.37 Å². The minimum Gasteiger partial charge on any atom is -0.389 e. The van der Waals surface area contributed by atoms with Crippen LogP contribution in [0.15, 0.2) is 30.3 Å². The first-order valence-electron chi connectivity index (χ1n) is 3.74. The molecule has 0 saturated heterocycles. The maximum atomic E-state index is 5.76. The fourth-order valence-corrected chi connectivity index (χ4v) is 1.70. The lowest BCUT2D eigenvalue weighted by Crippen LogP contribution is -1.76. The molecule has 2 nitrogen and oxygen atoms in total. The van der Waals surface area contributed by atoms with E-state index in [0.717, 1.165) is 21.3 Å². The Hall–Kier alpha value is -1.06. The Morgan fingerprint density at radius 1 is 1.23 bits per heavy atom. The molecule has 0 aliphatic rings. The van der Waals surface area contributed by atoms with E-state index in [1.165, 1.54) is 11.5 Å². The van der Waals surface area contributed by atoms with Crippen LogP contribution in [0.25, 0.3) is 11.3 Å². The average molecular weight is 211 g/mol. The van der Waals surface area contributed by atoms with Gasteiger partial charge in [-0.25, -0.2) is 0 Å². The molecule has 2 N–H and O–H groups in total. The molecule has 0 spiro atoms. The Morgan fingerprint density at radius 3 is 2.46 bits per heavy atom. The van der Waals surface area contributed by atoms with Crippen LogP contribution in [-0.2, 0) is 0 Å². The summed E-state index contributed by atoms with van der Waals surface area (Å²) in [7, 11) is 0. The standard InChI is InChI=1S/C9H7ClN2S/c10-7-3-1-6(2-4-7)8-5-9(11)13-12-8/h1-5H,11H2. The smallest absolute Gasteiger partial charge is 0.107 e. The Morgan fingerprint density at radius 2 is 1.92 bits per heavy atom. The Labute approximate surface area is 85.1 Å². The van der Waals surface area contributed by atoms with Crippen molar-refractivity contribution in [3.8, 4) is 11.3 Å². The van der Waals surface area contributed by atoms with E-state index in [-0.39, 0.29) is 0 Å². The van der Waals surface area contributed by atoms with Gasteiger partial charge in [0.15, 0.2) is 0 Å². The fourth-order valence-electron chi connectivity index (χ4n) is 1.05. The highest BCUT2D eigenvalue weighted by Gasteiger charge is 2.01. The Kier molecular flexibility index (Phi) is 2.20. The molecule has 0 fully saturated rings. The molecule has 0 aliphatic carbocycles. The fraction of sp³-hybridized carbons (Fsp3) is 0. The first-order chi connectivity index (χ1) is 6.25. The van der Waals surface area contributed by atoms with Gasteiger partial charge in [-0.1, -0.05) is 23.7 Å². The second-order valence-electron chi connectivity index (χ2n) is 2.62. The molecule has 66 valence electrons. The van der Waals surface area contributed by atoms with Gasteiger partial charge in [0.2, 0.25) is 0 Å². The highest BCUT2D eigenvalue weighted by Crippen LogP contribution is 2.24. The summed E-state index contributed by atoms with van der Waals surface area (Å²) in [6.07, 6.45) is 0. The van der Waals surface area contributed by atoms with E-state index in [0.29, 0.717) is 0 Å². The molecule has 2 rings (SSSR count). The van der Waals surface area contributed by atoms with E-state index < -0.39 is 0 Å². The van der Waals surface area contributed by atoms with Crippen molar-refractivity contribution in [2.45, 2.75) is 0 Å². The van der Waals surface area contributed by atoms with Crippen molar-refractivity contribution in [1.29, 1.82) is 0 Å². The first-order valence-corrected chi connectivity index (χ1v) is 4.89. The maximum absolute atomic E-state index is 5.76. The van der Waals surface area contributed by atoms with E-state index in [1.54, 1.807) is 0 Å². The van der Waals surface area contributed by atoms with Gasteiger partial charge in [0.1, 0.15) is 5.00 Å². The van der Waals surface area contributed by atoms with E-state index in [9.17, 15) is 0 Å². The molecule has 0 atom stereocenters. The summed E-state index contributed by atoms with van der Waals surface area (Å²) in [5.74, 6) is 0. The third-order valence-electron chi connectivity index (χ3n) is 1.67. The van der Waals surface area contributed by atoms with Gasteiger partial charge in [-0.15, -0.1) is 0 Å². The van der Waals surface area contributed by atoms with Crippen LogP contribution in [0.3, 0.4) is 0 Å². The number of benzene rings is 1. The zero-order chi connectivity index (χ0) is 9.26. The largest absolute Gasteiger partial charge is 0.389 e. The van der Waals surface area contributed by atoms with Crippen LogP contribution in [0, 0.1) is 0 Å². The normalized spacial score (nSPS) is 10.2. The Balaban J connectivity index is 2.41. The van der Waals surface area contributed by atoms with Crippen molar-refractivity contribution in [3.63, 3.8) is 0 Å². The molecule has 0 radical (unpaired) electrons. The molecule has 13 heavy (non-hydrogen) atoms. The van der Waals surface area contributed by atoms with Crippen LogP contribution in [0.1, 0.15) is 0 Å². The van der Waals surface area contributed by atoms with Crippen LogP contribution in [0.5, 0.6) is 0 Å². The first kappa shape index (κ1) is 8.53. The van der Waals surface area contributed by atoms with Crippen molar-refractivity contribution in [2.24, 2.45) is 0 Å². The van der Waals surface area contributed by atoms with Gasteiger partial charge < -0.3 is 5.73 Å². The Bertz CT molecular complexity index is 408. The minimum atomic E-state index is 0.727. The minimum absolute atomic E-state index is 0.727. The number of nitrogens with two attached hydrogens (primary N) is 1. The molecule has 0 saturated carbocycles. The van der Waals surface area contributed by atoms with Crippen LogP contribution >= 0.6 is 23.1 Å². The number of rotatable bonds is 1. The summed E-state index contributed by atoms with van der Waals surface area (Å²) < 4.78 is 4.19. The predicted molar refractivity (Wildman–Crippen MR) is 57.0 cm³/mol. The van der Waals surface area contributed by atoms with Crippen LogP contribution in [0.2, 0.25) is 5.02 Å². The van der Waals surface area contributed by atoms with Crippen LogP contribution < -0.4 is 5.73 Å². The highest BCUT2D eigenvalue weighted by atomic mass is 35.5. The second kappa shape index (κ2) is 3.36. The molecule has 2 aromatic rings. The van der Waals surface area contributed by atoms with Gasteiger partial charge in [-0.3, -0.25) is 0 Å². The zero-order valence-corrected chi connectivity index (χ0v) is 8.27. The molecular weight excluding hydrogens is 204 g/mol. The van der Waals surface area contributed by atoms with Gasteiger partial charge >= 0.3 is 0 Å². The molecule has 0 amide bonds. The summed E-state index contributed by atoms with van der Waals surface area (Å²) in [6, 6.07) is 9.39. The molecule has 0 aliphatic heterocycles. The third-order valence-corrected chi connectivity index (χ3v) is 2.54. The van der Waals surface area contributed by atoms with E-state index in [1.807, 2.05) is 30.3 Å². The van der Waals surface area contributed by atoms with Crippen LogP contribution in [-0.4, -0.2) is 4.37 Å². The number of nitrogens with zero attached hydrogens (tertiary/aromatic N) is 1. The van der Waals surface area contributed by atoms with E-state index >= 15 is 0 Å². The number of aromatic nitrogens is 1. The lowest BCUT2D eigenvalue weighted by Gasteiger charge is -1.94. The van der Waals surface area contributed by atoms with Gasteiger partial charge in [0.25, 0.3) is 0 Å². The van der Waals surface area contributed by atoms with E-state index in [2.05, 4.69) is 4.37 Å². The number of hydrogen-bond acceptors (Lipinski definition) is 3. The van der Waals surface area contributed by atoms with Crippen LogP contribution in [0.4, 0.5) is 5.00 Å². The highest BCUT2D eigenvalue weighted by molar-refractivity contribution is 7.10. The van der Waals surface area contributed by atoms with Gasteiger partial charge in [-0.2, -0.15) is 4.37 Å². The van der Waals surface area contributed by atoms with Crippen molar-refractivity contribution in [3.05, 3.63) is 35.4 Å². The van der Waals surface area contributed by atoms with E-state index in [4.69, 9.17) is 17.3 Å². The molecular formula is C9H7ClN2S. The monoisotopic (exact) mass is 210 g/mol. The summed E-state index contributed by atoms with van der Waals surface area (Å²) in [6.45, 7) is 0. The van der Waals surface area contributed by atoms with Crippen molar-refractivity contribution >= 4 is 28.1 Å². The summed E-state index contributed by atoms with van der Waals surface area (Å²) in [4.78, 5) is 0. The quantitative estimate of drug-likeness (QED) is 0.786. The molecule has 1 aromatic heterocycles. The van der Waals surface area contributed by atoms with Crippen molar-refractivity contribution in [2.75, 3.05) is 5.73 Å². The lowest BCUT2D eigenvalue weighted by atomic mass is 10.2. The number of nitrogen functional groups attached to an aromatic ring is 1. The number of anilines is 1. The number of halogens is 1. The molecule has 0 unspecified atom stereocenters. The molecule has 1 aromatic carbocycles. The SMILES string of the molecule is Nc1cc(-c2ccc(Cl)cc2)ns1. The van der Waals surface area contributed by atoms with Gasteiger partial charge in [-0.05, 0) is 23.7 Å². The lowest BCUT2D eigenvalue weighted by molar-refractivity contribution is 1.52. The van der Waals surface area contributed by atoms with Crippen molar-refractivity contribution < 1.29 is 0 Å². The number of hydrogen-bond donors (Lipinski definition) is 1. The average Bonchev–Trinajstić information content (AvgIpc) is 2.53. The topological polar surface area (TPSA) is 38.9 Å². The summed E-state index contributed by atoms with van der Waals surface area (Å²) in [5, 5.41) is 1.46. The second-order valence-corrected chi connectivity index (χ2v) is 3.89. The summed E-state index contributed by atoms with van der Waals surface area (Å²) >= 11 is 7.06. The summed E-state index contributed by atoms with van der Waals surface area (Å²) in [5.41, 5.74) is 7.52.